The van der Waals surface area contributed by atoms with E-state index in [2.05, 4.69) is 13.8 Å². The molecular formula is C19H27BO3. The average Bonchev–Trinajstić information content (AvgIpc) is 3.37. The number of phenols is 1. The summed E-state index contributed by atoms with van der Waals surface area (Å²) in [7, 11) is 3.58. The van der Waals surface area contributed by atoms with Crippen molar-refractivity contribution < 1.29 is 14.6 Å². The molecule has 124 valence electrons. The summed E-state index contributed by atoms with van der Waals surface area (Å²) in [5.74, 6) is 3.89. The molecule has 4 atom stereocenters. The number of carbonyl (C=O) groups is 1. The molecule has 23 heavy (non-hydrogen) atoms. The topological polar surface area (TPSA) is 46.5 Å². The molecule has 0 amide bonds. The van der Waals surface area contributed by atoms with E-state index >= 15 is 0 Å². The highest BCUT2D eigenvalue weighted by Gasteiger charge is 2.52. The van der Waals surface area contributed by atoms with Crippen LogP contribution in [-0.4, -0.2) is 25.8 Å². The predicted octanol–water partition coefficient (Wildman–Crippen LogP) is 3.03. The quantitative estimate of drug-likeness (QED) is 0.648. The van der Waals surface area contributed by atoms with Crippen molar-refractivity contribution >= 4 is 13.6 Å². The van der Waals surface area contributed by atoms with Crippen molar-refractivity contribution in [2.75, 3.05) is 7.11 Å². The molecule has 2 aliphatic rings. The van der Waals surface area contributed by atoms with Gasteiger partial charge in [0.15, 0.2) is 5.78 Å². The number of ether oxygens (including phenoxy) is 1. The molecule has 0 bridgehead atoms. The Balaban J connectivity index is 1.80. The first kappa shape index (κ1) is 16.4. The highest BCUT2D eigenvalue weighted by Crippen LogP contribution is 2.58. The zero-order valence-corrected chi connectivity index (χ0v) is 14.6. The van der Waals surface area contributed by atoms with E-state index in [1.807, 2.05) is 13.9 Å². The van der Waals surface area contributed by atoms with Gasteiger partial charge in [0.25, 0.3) is 0 Å². The predicted molar refractivity (Wildman–Crippen MR) is 93.9 cm³/mol. The van der Waals surface area contributed by atoms with Gasteiger partial charge in [-0.05, 0) is 60.1 Å². The number of aromatic hydroxyl groups is 1. The van der Waals surface area contributed by atoms with Gasteiger partial charge in [-0.15, -0.1) is 0 Å². The zero-order valence-electron chi connectivity index (χ0n) is 14.6. The molecule has 4 heteroatoms. The van der Waals surface area contributed by atoms with E-state index in [0.29, 0.717) is 35.5 Å². The maximum Gasteiger partial charge on any atom is 0.170 e. The molecule has 0 radical (unpaired) electrons. The number of Topliss-reactive ketones (excluding diaryl/α,β-unsaturated/α-hetero) is 1. The van der Waals surface area contributed by atoms with Crippen LogP contribution < -0.4 is 4.74 Å². The minimum absolute atomic E-state index is 0.0244. The molecule has 0 aromatic heterocycles. The monoisotopic (exact) mass is 314 g/mol. The Morgan fingerprint density at radius 2 is 2.00 bits per heavy atom. The first-order valence-electron chi connectivity index (χ1n) is 8.91. The van der Waals surface area contributed by atoms with Crippen molar-refractivity contribution in [2.45, 2.75) is 39.4 Å². The Morgan fingerprint density at radius 1 is 1.30 bits per heavy atom. The summed E-state index contributed by atoms with van der Waals surface area (Å²) in [6.45, 7) is 4.58. The molecule has 1 N–H and O–H groups in total. The lowest BCUT2D eigenvalue weighted by Gasteiger charge is -2.50. The van der Waals surface area contributed by atoms with E-state index in [0.717, 1.165) is 23.7 Å². The third-order valence-corrected chi connectivity index (χ3v) is 6.24. The van der Waals surface area contributed by atoms with Crippen molar-refractivity contribution in [3.05, 3.63) is 23.3 Å². The Kier molecular flexibility index (Phi) is 4.44. The third-order valence-electron chi connectivity index (χ3n) is 6.24. The normalized spacial score (nSPS) is 29.9. The zero-order chi connectivity index (χ0) is 16.7. The van der Waals surface area contributed by atoms with Gasteiger partial charge in [0.05, 0.1) is 7.11 Å². The molecule has 3 unspecified atom stereocenters. The summed E-state index contributed by atoms with van der Waals surface area (Å²) < 4.78 is 5.38. The van der Waals surface area contributed by atoms with Gasteiger partial charge < -0.3 is 9.84 Å². The second-order valence-electron chi connectivity index (χ2n) is 7.47. The number of benzene rings is 1. The Morgan fingerprint density at radius 3 is 2.57 bits per heavy atom. The molecule has 1 aromatic rings. The van der Waals surface area contributed by atoms with Crippen molar-refractivity contribution in [1.82, 2.24) is 0 Å². The van der Waals surface area contributed by atoms with Crippen LogP contribution in [0, 0.1) is 29.6 Å². The summed E-state index contributed by atoms with van der Waals surface area (Å²) in [6, 6.07) is 3.57. The summed E-state index contributed by atoms with van der Waals surface area (Å²) in [5, 5.41) is 10.3. The van der Waals surface area contributed by atoms with Gasteiger partial charge in [-0.1, -0.05) is 20.2 Å². The number of ketones is 1. The van der Waals surface area contributed by atoms with Crippen molar-refractivity contribution in [3.63, 3.8) is 0 Å². The Bertz CT molecular complexity index is 609. The van der Waals surface area contributed by atoms with Crippen molar-refractivity contribution in [3.8, 4) is 11.5 Å². The van der Waals surface area contributed by atoms with Crippen molar-refractivity contribution in [2.24, 2.45) is 29.6 Å². The minimum atomic E-state index is 0.0244. The maximum absolute atomic E-state index is 12.8. The highest BCUT2D eigenvalue weighted by molar-refractivity contribution is 6.08. The molecule has 0 spiro atoms. The van der Waals surface area contributed by atoms with Crippen LogP contribution in [0.3, 0.4) is 0 Å². The smallest absolute Gasteiger partial charge is 0.170 e. The molecule has 0 heterocycles. The average molecular weight is 314 g/mol. The third kappa shape index (κ3) is 2.88. The lowest BCUT2D eigenvalue weighted by molar-refractivity contribution is -0.0155. The van der Waals surface area contributed by atoms with Gasteiger partial charge in [0.2, 0.25) is 0 Å². The molecule has 2 saturated carbocycles. The van der Waals surface area contributed by atoms with Crippen LogP contribution >= 0.6 is 0 Å². The van der Waals surface area contributed by atoms with Gasteiger partial charge in [0.1, 0.15) is 24.9 Å². The molecular weight excluding hydrogens is 287 g/mol. The number of hydrogen-bond acceptors (Lipinski definition) is 3. The molecule has 0 aliphatic heterocycles. The van der Waals surface area contributed by atoms with Gasteiger partial charge >= 0.3 is 0 Å². The van der Waals surface area contributed by atoms with Crippen LogP contribution in [0.1, 0.15) is 49.0 Å². The van der Waals surface area contributed by atoms with Gasteiger partial charge in [-0.3, -0.25) is 4.79 Å². The number of phenolic OH excluding ortho intramolecular Hbond substituents is 1. The minimum Gasteiger partial charge on any atom is -0.507 e. The molecule has 3 rings (SSSR count). The van der Waals surface area contributed by atoms with Crippen molar-refractivity contribution in [1.29, 1.82) is 0 Å². The van der Waals surface area contributed by atoms with E-state index in [-0.39, 0.29) is 11.5 Å². The molecule has 0 saturated heterocycles. The van der Waals surface area contributed by atoms with E-state index in [9.17, 15) is 9.90 Å². The van der Waals surface area contributed by atoms with E-state index in [4.69, 9.17) is 4.74 Å². The van der Waals surface area contributed by atoms with E-state index < -0.39 is 0 Å². The fraction of sp³-hybridized carbons (Fsp3) is 0.632. The molecule has 2 fully saturated rings. The maximum atomic E-state index is 12.8. The van der Waals surface area contributed by atoms with Crippen LogP contribution in [-0.2, 0) is 6.32 Å². The van der Waals surface area contributed by atoms with Crippen LogP contribution in [0.2, 0.25) is 0 Å². The number of methoxy groups -OCH3 is 1. The lowest BCUT2D eigenvalue weighted by atomic mass is 9.55. The largest absolute Gasteiger partial charge is 0.507 e. The lowest BCUT2D eigenvalue weighted by Crippen LogP contribution is -2.45. The van der Waals surface area contributed by atoms with Gasteiger partial charge in [0, 0.05) is 6.42 Å². The van der Waals surface area contributed by atoms with Gasteiger partial charge in [-0.2, -0.15) is 0 Å². The molecule has 2 aliphatic carbocycles. The number of hydrogen-bond donors (Lipinski definition) is 1. The summed E-state index contributed by atoms with van der Waals surface area (Å²) in [4.78, 5) is 12.8. The summed E-state index contributed by atoms with van der Waals surface area (Å²) in [5.41, 5.74) is 1.35. The van der Waals surface area contributed by atoms with Crippen LogP contribution in [0.5, 0.6) is 11.5 Å². The van der Waals surface area contributed by atoms with Gasteiger partial charge in [-0.25, -0.2) is 0 Å². The van der Waals surface area contributed by atoms with Crippen LogP contribution in [0.4, 0.5) is 0 Å². The Labute approximate surface area is 139 Å². The molecule has 3 nitrogen and oxygen atoms in total. The number of rotatable bonds is 6. The van der Waals surface area contributed by atoms with E-state index in [1.54, 1.807) is 13.2 Å². The first-order chi connectivity index (χ1) is 11.0. The summed E-state index contributed by atoms with van der Waals surface area (Å²) >= 11 is 0. The first-order valence-corrected chi connectivity index (χ1v) is 8.91. The van der Waals surface area contributed by atoms with E-state index in [1.165, 1.54) is 12.8 Å². The molecule has 1 aromatic carbocycles. The second kappa shape index (κ2) is 6.22. The number of carbonyl (C=O) groups excluding carboxylic acids is 1. The standard InChI is InChI=1S/C19H27BO3/c1-10-11(2)18(13-4-5-13)14(10)8-16(22)19-15(21)6-12(9-20)7-17(19)23-3/h6-7,10-11,13-14,18,21H,4-5,8-9,20H2,1-3H3/t10?,11?,14-,18?/m0/s1. The fourth-order valence-electron chi connectivity index (χ4n) is 4.54. The fourth-order valence-corrected chi connectivity index (χ4v) is 4.54. The highest BCUT2D eigenvalue weighted by atomic mass is 16.5. The SMILES string of the molecule is BCc1cc(O)c(C(=O)C[C@H]2C(C)C(C)C2C2CC2)c(OC)c1. The van der Waals surface area contributed by atoms with Crippen LogP contribution in [0.15, 0.2) is 12.1 Å². The summed E-state index contributed by atoms with van der Waals surface area (Å²) in [6.07, 6.45) is 3.99. The Hall–Kier alpha value is -1.45. The van der Waals surface area contributed by atoms with Crippen LogP contribution in [0.25, 0.3) is 0 Å². The second-order valence-corrected chi connectivity index (χ2v) is 7.47.